The van der Waals surface area contributed by atoms with Gasteiger partial charge in [0.2, 0.25) is 6.71 Å². The zero-order valence-corrected chi connectivity index (χ0v) is 56.1. The molecular weight excluding hydrogens is 1170 g/mol. The number of fused-ring (bicyclic) bond motifs is 18. The first-order valence-corrected chi connectivity index (χ1v) is 34.6. The second-order valence-electron chi connectivity index (χ2n) is 29.9. The van der Waals surface area contributed by atoms with Crippen molar-refractivity contribution in [1.29, 1.82) is 0 Å². The van der Waals surface area contributed by atoms with Gasteiger partial charge in [0.15, 0.2) is 0 Å². The van der Waals surface area contributed by atoms with E-state index in [-0.39, 0.29) is 23.0 Å². The van der Waals surface area contributed by atoms with Gasteiger partial charge in [0, 0.05) is 43.1 Å². The molecule has 2 nitrogen and oxygen atoms in total. The van der Waals surface area contributed by atoms with Crippen molar-refractivity contribution in [2.75, 3.05) is 4.90 Å². The summed E-state index contributed by atoms with van der Waals surface area (Å²) in [5.41, 5.74) is 34.9. The Morgan fingerprint density at radius 2 is 0.853 bits per heavy atom. The highest BCUT2D eigenvalue weighted by atomic mass is 32.2. The van der Waals surface area contributed by atoms with Crippen molar-refractivity contribution in [2.45, 2.75) is 93.8 Å². The summed E-state index contributed by atoms with van der Waals surface area (Å²) in [6, 6.07) is 104. The number of rotatable bonds is 6. The van der Waals surface area contributed by atoms with Gasteiger partial charge in [-0.2, -0.15) is 0 Å². The normalized spacial score (nSPS) is 13.9. The molecule has 0 saturated heterocycles. The van der Waals surface area contributed by atoms with Crippen LogP contribution in [-0.4, -0.2) is 6.71 Å². The SMILES string of the molecule is CC(C)(C)c1cc(-c2cc3c4c(c2)N(c2c(-c5ccccc5)cc(C(C)(C)C)cc2-c2ccccc2)c2ccc(-c5ccccc5)cc2B4c2ccc4oc5ccc(-c6cccc7c6-c6ccccc6C76c7ccccc7-c7ccccc76)cc5c4c2S3)cc(C(C)(C)C)c1. The smallest absolute Gasteiger partial charge is 0.249 e. The maximum atomic E-state index is 7.13. The number of nitrogens with zero attached hydrogens (tertiary/aromatic N) is 1. The van der Waals surface area contributed by atoms with Crippen LogP contribution >= 0.6 is 11.8 Å². The number of benzene rings is 13. The third kappa shape index (κ3) is 8.72. The summed E-state index contributed by atoms with van der Waals surface area (Å²) < 4.78 is 7.13. The maximum absolute atomic E-state index is 7.13. The lowest BCUT2D eigenvalue weighted by atomic mass is 9.34. The molecule has 4 heteroatoms. The molecule has 0 unspecified atom stereocenters. The third-order valence-corrected chi connectivity index (χ3v) is 22.4. The van der Waals surface area contributed by atoms with Gasteiger partial charge < -0.3 is 9.32 Å². The average molecular weight is 1240 g/mol. The summed E-state index contributed by atoms with van der Waals surface area (Å²) >= 11 is 1.93. The maximum Gasteiger partial charge on any atom is 0.249 e. The molecule has 0 saturated carbocycles. The van der Waals surface area contributed by atoms with Gasteiger partial charge >= 0.3 is 0 Å². The van der Waals surface area contributed by atoms with E-state index in [4.69, 9.17) is 4.42 Å². The van der Waals surface area contributed by atoms with Crippen molar-refractivity contribution in [2.24, 2.45) is 0 Å². The summed E-state index contributed by atoms with van der Waals surface area (Å²) in [6.45, 7) is 21.0. The lowest BCUT2D eigenvalue weighted by Crippen LogP contribution is -2.60. The molecule has 1 spiro atoms. The van der Waals surface area contributed by atoms with Crippen LogP contribution in [0.25, 0.3) is 99.8 Å². The van der Waals surface area contributed by atoms with Crippen molar-refractivity contribution in [3.63, 3.8) is 0 Å². The van der Waals surface area contributed by atoms with Crippen molar-refractivity contribution >= 4 is 73.9 Å². The Kier molecular flexibility index (Phi) is 12.7. The van der Waals surface area contributed by atoms with Gasteiger partial charge in [-0.1, -0.05) is 304 Å². The van der Waals surface area contributed by atoms with Gasteiger partial charge in [0.05, 0.1) is 11.1 Å². The van der Waals surface area contributed by atoms with E-state index in [1.807, 2.05) is 11.8 Å². The Bertz CT molecular complexity index is 5380. The second kappa shape index (κ2) is 20.9. The van der Waals surface area contributed by atoms with E-state index >= 15 is 0 Å². The predicted molar refractivity (Wildman–Crippen MR) is 403 cm³/mol. The minimum atomic E-state index is -0.445. The van der Waals surface area contributed by atoms with E-state index in [1.165, 1.54) is 160 Å². The summed E-state index contributed by atoms with van der Waals surface area (Å²) in [4.78, 5) is 5.18. The number of hydrogen-bond acceptors (Lipinski definition) is 3. The fourth-order valence-electron chi connectivity index (χ4n) is 16.5. The minimum absolute atomic E-state index is 0.0898. The second-order valence-corrected chi connectivity index (χ2v) is 31.0. The number of hydrogen-bond donors (Lipinski definition) is 0. The van der Waals surface area contributed by atoms with Gasteiger partial charge in [-0.15, -0.1) is 0 Å². The molecule has 18 rings (SSSR count). The van der Waals surface area contributed by atoms with Gasteiger partial charge in [0.25, 0.3) is 0 Å². The van der Waals surface area contributed by atoms with Crippen LogP contribution in [-0.2, 0) is 21.7 Å². The van der Waals surface area contributed by atoms with Crippen molar-refractivity contribution < 1.29 is 4.42 Å². The standard InChI is InChI=1S/C91H72BNOS/c1-88(2,3)62-46-60(47-63(52-62)89(4,5)6)61-50-79-85-82(51-61)95-87-76(92(85)77-49-58(55-26-13-10-14-27-55)40-43-78(77)93(79)86-69(56-28-15-11-16-29-56)53-64(90(7,8)9)54-70(86)57-30-17-12-18-31-57)42-45-81-84(87)71-48-59(41-44-80(71)94-81)65-35-25-39-75-83(65)68-34-21-24-38-74(68)91(75)72-36-22-19-32-66(72)67-33-20-23-37-73(67)91/h10-54H,1-9H3. The van der Waals surface area contributed by atoms with Crippen LogP contribution in [0.15, 0.2) is 287 Å². The van der Waals surface area contributed by atoms with Crippen LogP contribution < -0.4 is 21.3 Å². The zero-order valence-electron chi connectivity index (χ0n) is 55.3. The van der Waals surface area contributed by atoms with Crippen LogP contribution in [0, 0.1) is 0 Å². The quantitative estimate of drug-likeness (QED) is 0.154. The van der Waals surface area contributed by atoms with Crippen LogP contribution in [0.3, 0.4) is 0 Å². The van der Waals surface area contributed by atoms with Crippen LogP contribution in [0.1, 0.15) is 101 Å². The first-order chi connectivity index (χ1) is 46.0. The molecule has 456 valence electrons. The highest BCUT2D eigenvalue weighted by Crippen LogP contribution is 2.64. The Balaban J connectivity index is 0.919. The van der Waals surface area contributed by atoms with E-state index in [1.54, 1.807) is 0 Å². The molecule has 1 aromatic heterocycles. The molecule has 14 aromatic rings. The van der Waals surface area contributed by atoms with Crippen LogP contribution in [0.5, 0.6) is 0 Å². The molecular formula is C91H72BNOS. The van der Waals surface area contributed by atoms with E-state index in [0.29, 0.717) is 0 Å². The zero-order chi connectivity index (χ0) is 64.4. The minimum Gasteiger partial charge on any atom is -0.456 e. The van der Waals surface area contributed by atoms with Gasteiger partial charge in [-0.25, -0.2) is 0 Å². The van der Waals surface area contributed by atoms with E-state index in [2.05, 4.69) is 340 Å². The first-order valence-electron chi connectivity index (χ1n) is 33.7. The number of furan rings is 1. The molecule has 0 radical (unpaired) electrons. The molecule has 0 fully saturated rings. The molecule has 13 aromatic carbocycles. The van der Waals surface area contributed by atoms with E-state index in [9.17, 15) is 0 Å². The highest BCUT2D eigenvalue weighted by molar-refractivity contribution is 8.00. The van der Waals surface area contributed by atoms with Gasteiger partial charge in [-0.05, 0) is 181 Å². The summed E-state index contributed by atoms with van der Waals surface area (Å²) in [5.74, 6) is 0. The first kappa shape index (κ1) is 57.5. The van der Waals surface area contributed by atoms with E-state index < -0.39 is 5.41 Å². The molecule has 3 heterocycles. The molecule has 2 aliphatic heterocycles. The molecule has 0 bridgehead atoms. The predicted octanol–water partition coefficient (Wildman–Crippen LogP) is 22.9. The third-order valence-electron chi connectivity index (χ3n) is 21.2. The topological polar surface area (TPSA) is 16.4 Å². The Morgan fingerprint density at radius 3 is 1.46 bits per heavy atom. The summed E-state index contributed by atoms with van der Waals surface area (Å²) in [6.07, 6.45) is 0. The molecule has 0 amide bonds. The summed E-state index contributed by atoms with van der Waals surface area (Å²) in [5, 5.41) is 2.28. The lowest BCUT2D eigenvalue weighted by Gasteiger charge is -2.42. The number of anilines is 3. The molecule has 0 N–H and O–H groups in total. The average Bonchev–Trinajstić information content (AvgIpc) is 1.47. The Labute approximate surface area is 563 Å². The lowest BCUT2D eigenvalue weighted by molar-refractivity contribution is 0.569. The highest BCUT2D eigenvalue weighted by Gasteiger charge is 2.52. The molecule has 4 aliphatic rings. The van der Waals surface area contributed by atoms with Gasteiger partial charge in [-0.3, -0.25) is 0 Å². The monoisotopic (exact) mass is 1240 g/mol. The van der Waals surface area contributed by atoms with Crippen LogP contribution in [0.2, 0.25) is 0 Å². The summed E-state index contributed by atoms with van der Waals surface area (Å²) in [7, 11) is 0. The Morgan fingerprint density at radius 1 is 0.347 bits per heavy atom. The largest absolute Gasteiger partial charge is 0.456 e. The molecule has 0 atom stereocenters. The van der Waals surface area contributed by atoms with Crippen molar-refractivity contribution in [3.8, 4) is 77.9 Å². The molecule has 2 aliphatic carbocycles. The van der Waals surface area contributed by atoms with Crippen LogP contribution in [0.4, 0.5) is 17.1 Å². The fourth-order valence-corrected chi connectivity index (χ4v) is 17.8. The Hall–Kier alpha value is -10.1. The van der Waals surface area contributed by atoms with Crippen molar-refractivity contribution in [3.05, 3.63) is 312 Å². The van der Waals surface area contributed by atoms with Crippen molar-refractivity contribution in [1.82, 2.24) is 0 Å². The van der Waals surface area contributed by atoms with E-state index in [0.717, 1.165) is 21.9 Å². The molecule has 95 heavy (non-hydrogen) atoms. The fraction of sp³-hybridized carbons (Fsp3) is 0.143. The van der Waals surface area contributed by atoms with Gasteiger partial charge in [0.1, 0.15) is 11.2 Å².